The minimum atomic E-state index is -0.470. The average molecular weight is 525 g/mol. The van der Waals surface area contributed by atoms with Gasteiger partial charge in [-0.2, -0.15) is 0 Å². The Kier molecular flexibility index (Phi) is 7.65. The first-order valence-corrected chi connectivity index (χ1v) is 11.1. The lowest BCUT2D eigenvalue weighted by Crippen LogP contribution is -2.43. The summed E-state index contributed by atoms with van der Waals surface area (Å²) < 4.78 is 1.29. The highest BCUT2D eigenvalue weighted by molar-refractivity contribution is 9.10. The lowest BCUT2D eigenvalue weighted by atomic mass is 10.2. The highest BCUT2D eigenvalue weighted by Crippen LogP contribution is 2.32. The third kappa shape index (κ3) is 5.91. The molecule has 10 heteroatoms. The number of rotatable bonds is 5. The van der Waals surface area contributed by atoms with Crippen LogP contribution in [0.3, 0.4) is 0 Å². The van der Waals surface area contributed by atoms with E-state index in [2.05, 4.69) is 26.8 Å². The Labute approximate surface area is 196 Å². The molecule has 0 saturated carbocycles. The van der Waals surface area contributed by atoms with E-state index in [-0.39, 0.29) is 18.9 Å². The minimum Gasteiger partial charge on any atom is -0.292 e. The summed E-state index contributed by atoms with van der Waals surface area (Å²) in [6, 6.07) is 13.8. The van der Waals surface area contributed by atoms with Crippen molar-refractivity contribution in [2.75, 3.05) is 6.54 Å². The zero-order valence-corrected chi connectivity index (χ0v) is 19.3. The van der Waals surface area contributed by atoms with Gasteiger partial charge in [-0.1, -0.05) is 63.6 Å². The van der Waals surface area contributed by atoms with Gasteiger partial charge in [-0.25, -0.2) is 0 Å². The van der Waals surface area contributed by atoms with Crippen LogP contribution in [0.5, 0.6) is 0 Å². The van der Waals surface area contributed by atoms with Crippen LogP contribution in [0.25, 0.3) is 6.08 Å². The zero-order valence-electron chi connectivity index (χ0n) is 15.4. The van der Waals surface area contributed by atoms with E-state index in [1.165, 1.54) is 16.7 Å². The molecule has 3 rings (SSSR count). The zero-order chi connectivity index (χ0) is 21.7. The summed E-state index contributed by atoms with van der Waals surface area (Å²) in [5.74, 6) is -1.16. The molecule has 0 aliphatic carbocycles. The van der Waals surface area contributed by atoms with Gasteiger partial charge in [0.1, 0.15) is 4.32 Å². The number of thiocarbonyl (C=S) groups is 1. The van der Waals surface area contributed by atoms with Crippen LogP contribution in [0.2, 0.25) is 5.02 Å². The molecule has 1 aliphatic heterocycles. The summed E-state index contributed by atoms with van der Waals surface area (Å²) in [7, 11) is 0. The lowest BCUT2D eigenvalue weighted by Gasteiger charge is -2.14. The summed E-state index contributed by atoms with van der Waals surface area (Å²) in [5, 5.41) is 0.507. The fourth-order valence-electron chi connectivity index (χ4n) is 2.52. The van der Waals surface area contributed by atoms with Gasteiger partial charge in [0.05, 0.1) is 4.91 Å². The predicted octanol–water partition coefficient (Wildman–Crippen LogP) is 4.16. The molecular weight excluding hydrogens is 510 g/mol. The van der Waals surface area contributed by atoms with Gasteiger partial charge in [-0.3, -0.25) is 30.1 Å². The molecule has 0 bridgehead atoms. The fourth-order valence-corrected chi connectivity index (χ4v) is 4.37. The number of carbonyl (C=O) groups is 3. The van der Waals surface area contributed by atoms with Crippen LogP contribution in [0.15, 0.2) is 57.9 Å². The monoisotopic (exact) mass is 523 g/mol. The maximum absolute atomic E-state index is 12.6. The number of hydrogen-bond acceptors (Lipinski definition) is 5. The van der Waals surface area contributed by atoms with Crippen LogP contribution in [0.1, 0.15) is 22.3 Å². The highest BCUT2D eigenvalue weighted by Gasteiger charge is 2.32. The van der Waals surface area contributed by atoms with Gasteiger partial charge in [0.2, 0.25) is 5.91 Å². The number of hydrazine groups is 1. The number of carbonyl (C=O) groups excluding carboxylic acids is 3. The second-order valence-corrected chi connectivity index (χ2v) is 9.18. The van der Waals surface area contributed by atoms with E-state index < -0.39 is 11.8 Å². The van der Waals surface area contributed by atoms with Crippen LogP contribution in [-0.2, 0) is 9.59 Å². The van der Waals surface area contributed by atoms with Crippen molar-refractivity contribution in [2.45, 2.75) is 6.42 Å². The van der Waals surface area contributed by atoms with Crippen molar-refractivity contribution in [1.29, 1.82) is 0 Å². The van der Waals surface area contributed by atoms with Crippen molar-refractivity contribution < 1.29 is 14.4 Å². The molecule has 1 aliphatic rings. The van der Waals surface area contributed by atoms with E-state index in [0.29, 0.717) is 19.8 Å². The van der Waals surface area contributed by atoms with E-state index in [4.69, 9.17) is 23.8 Å². The first-order valence-electron chi connectivity index (χ1n) is 8.69. The van der Waals surface area contributed by atoms with Gasteiger partial charge < -0.3 is 0 Å². The third-order valence-electron chi connectivity index (χ3n) is 4.00. The van der Waals surface area contributed by atoms with E-state index in [9.17, 15) is 14.4 Å². The van der Waals surface area contributed by atoms with E-state index in [1.807, 2.05) is 24.3 Å². The fraction of sp³-hybridized carbons (Fsp3) is 0.100. The Hall–Kier alpha value is -2.20. The largest absolute Gasteiger partial charge is 0.292 e. The molecule has 30 heavy (non-hydrogen) atoms. The average Bonchev–Trinajstić information content (AvgIpc) is 2.97. The highest BCUT2D eigenvalue weighted by atomic mass is 79.9. The second kappa shape index (κ2) is 10.2. The third-order valence-corrected chi connectivity index (χ3v) is 6.13. The van der Waals surface area contributed by atoms with Gasteiger partial charge in [-0.05, 0) is 48.0 Å². The summed E-state index contributed by atoms with van der Waals surface area (Å²) in [6.07, 6.45) is 1.74. The van der Waals surface area contributed by atoms with Crippen LogP contribution in [0, 0.1) is 0 Å². The molecule has 154 valence electrons. The first-order chi connectivity index (χ1) is 14.3. The SMILES string of the molecule is O=C(CCN1C(=O)C(=Cc2cccc(Br)c2)SC1=S)NNC(=O)c1ccc(Cl)cc1. The standard InChI is InChI=1S/C20H15BrClN3O3S2/c21-14-3-1-2-12(10-14)11-16-19(28)25(20(29)30-16)9-8-17(26)23-24-18(27)13-4-6-15(22)7-5-13/h1-7,10-11H,8-9H2,(H,23,26)(H,24,27). The van der Waals surface area contributed by atoms with Crippen molar-refractivity contribution in [3.05, 3.63) is 74.1 Å². The van der Waals surface area contributed by atoms with Crippen LogP contribution < -0.4 is 10.9 Å². The quantitative estimate of drug-likeness (QED) is 0.349. The van der Waals surface area contributed by atoms with Gasteiger partial charge in [0, 0.05) is 28.0 Å². The molecule has 6 nitrogen and oxygen atoms in total. The Morgan fingerprint density at radius 1 is 1.17 bits per heavy atom. The van der Waals surface area contributed by atoms with Crippen molar-refractivity contribution in [1.82, 2.24) is 15.8 Å². The molecule has 1 fully saturated rings. The van der Waals surface area contributed by atoms with Gasteiger partial charge in [0.25, 0.3) is 11.8 Å². The van der Waals surface area contributed by atoms with Crippen molar-refractivity contribution in [3.8, 4) is 0 Å². The normalized spacial score (nSPS) is 14.9. The molecule has 0 spiro atoms. The molecule has 2 aromatic carbocycles. The molecule has 0 aromatic heterocycles. The predicted molar refractivity (Wildman–Crippen MR) is 126 cm³/mol. The van der Waals surface area contributed by atoms with E-state index >= 15 is 0 Å². The Morgan fingerprint density at radius 3 is 2.60 bits per heavy atom. The van der Waals surface area contributed by atoms with Crippen LogP contribution in [0.4, 0.5) is 0 Å². The second-order valence-electron chi connectivity index (χ2n) is 6.15. The molecular formula is C20H15BrClN3O3S2. The van der Waals surface area contributed by atoms with Crippen molar-refractivity contribution in [2.24, 2.45) is 0 Å². The number of benzene rings is 2. The molecule has 1 saturated heterocycles. The number of halogens is 2. The minimum absolute atomic E-state index is 0.0164. The smallest absolute Gasteiger partial charge is 0.269 e. The Bertz CT molecular complexity index is 1040. The van der Waals surface area contributed by atoms with Crippen LogP contribution >= 0.6 is 51.5 Å². The first kappa shape index (κ1) is 22.5. The number of nitrogens with zero attached hydrogens (tertiary/aromatic N) is 1. The van der Waals surface area contributed by atoms with E-state index in [1.54, 1.807) is 30.3 Å². The van der Waals surface area contributed by atoms with Crippen molar-refractivity contribution in [3.63, 3.8) is 0 Å². The summed E-state index contributed by atoms with van der Waals surface area (Å²) >= 11 is 15.6. The molecule has 2 N–H and O–H groups in total. The Balaban J connectivity index is 1.52. The summed E-state index contributed by atoms with van der Waals surface area (Å²) in [4.78, 5) is 38.6. The summed E-state index contributed by atoms with van der Waals surface area (Å²) in [6.45, 7) is 0.114. The van der Waals surface area contributed by atoms with Gasteiger partial charge in [0.15, 0.2) is 0 Å². The maximum Gasteiger partial charge on any atom is 0.269 e. The van der Waals surface area contributed by atoms with Gasteiger partial charge >= 0.3 is 0 Å². The molecule has 1 heterocycles. The number of thioether (sulfide) groups is 1. The number of nitrogens with one attached hydrogen (secondary N) is 2. The molecule has 0 atom stereocenters. The van der Waals surface area contributed by atoms with Gasteiger partial charge in [-0.15, -0.1) is 0 Å². The summed E-state index contributed by atoms with van der Waals surface area (Å²) in [5.41, 5.74) is 5.87. The maximum atomic E-state index is 12.6. The molecule has 3 amide bonds. The molecule has 0 radical (unpaired) electrons. The Morgan fingerprint density at radius 2 is 1.90 bits per heavy atom. The van der Waals surface area contributed by atoms with Crippen LogP contribution in [-0.4, -0.2) is 33.5 Å². The number of hydrogen-bond donors (Lipinski definition) is 2. The molecule has 2 aromatic rings. The number of amides is 3. The molecule has 0 unspecified atom stereocenters. The van der Waals surface area contributed by atoms with Crippen molar-refractivity contribution >= 4 is 79.6 Å². The lowest BCUT2D eigenvalue weighted by molar-refractivity contribution is -0.124. The van der Waals surface area contributed by atoms with E-state index in [0.717, 1.165) is 10.0 Å². The topological polar surface area (TPSA) is 78.5 Å².